The number of halogens is 1. The lowest BCUT2D eigenvalue weighted by Crippen LogP contribution is -1.81. The van der Waals surface area contributed by atoms with Gasteiger partial charge in [0.05, 0.1) is 6.20 Å². The van der Waals surface area contributed by atoms with E-state index >= 15 is 0 Å². The van der Waals surface area contributed by atoms with Gasteiger partial charge < -0.3 is 0 Å². The topological polar surface area (TPSA) is 28.7 Å². The second-order valence-corrected chi connectivity index (χ2v) is 4.90. The number of aromatic amines is 1. The molecule has 0 bridgehead atoms. The Morgan fingerprint density at radius 2 is 1.72 bits per heavy atom. The molecule has 0 saturated carbocycles. The van der Waals surface area contributed by atoms with Crippen molar-refractivity contribution in [3.05, 3.63) is 65.4 Å². The van der Waals surface area contributed by atoms with E-state index in [9.17, 15) is 0 Å². The predicted octanol–water partition coefficient (Wildman–Crippen LogP) is 4.51. The lowest BCUT2D eigenvalue weighted by molar-refractivity contribution is 1.09. The summed E-state index contributed by atoms with van der Waals surface area (Å²) in [4.78, 5) is 0. The van der Waals surface area contributed by atoms with Gasteiger partial charge >= 0.3 is 0 Å². The quantitative estimate of drug-likeness (QED) is 0.741. The molecule has 0 spiro atoms. The third-order valence-electron chi connectivity index (χ3n) is 2.89. The van der Waals surface area contributed by atoms with Crippen molar-refractivity contribution in [2.24, 2.45) is 0 Å². The summed E-state index contributed by atoms with van der Waals surface area (Å²) in [5.74, 6) is 0. The molecule has 18 heavy (non-hydrogen) atoms. The van der Waals surface area contributed by atoms with Crippen molar-refractivity contribution in [2.75, 3.05) is 0 Å². The molecule has 0 saturated heterocycles. The summed E-state index contributed by atoms with van der Waals surface area (Å²) in [7, 11) is 0. The zero-order valence-corrected chi connectivity index (χ0v) is 11.2. The van der Waals surface area contributed by atoms with E-state index in [4.69, 9.17) is 0 Å². The second-order valence-electron chi connectivity index (χ2n) is 4.05. The Balaban J connectivity index is 2.05. The third-order valence-corrected chi connectivity index (χ3v) is 3.54. The molecule has 3 aromatic rings. The predicted molar refractivity (Wildman–Crippen MR) is 77.2 cm³/mol. The molecule has 0 atom stereocenters. The summed E-state index contributed by atoms with van der Waals surface area (Å²) in [5.41, 5.74) is 4.65. The summed E-state index contributed by atoms with van der Waals surface area (Å²) >= 11 is 3.62. The fourth-order valence-corrected chi connectivity index (χ4v) is 2.57. The van der Waals surface area contributed by atoms with Crippen molar-refractivity contribution in [3.8, 4) is 22.3 Å². The summed E-state index contributed by atoms with van der Waals surface area (Å²) < 4.78 is 1.07. The highest BCUT2D eigenvalue weighted by Gasteiger charge is 2.06. The summed E-state index contributed by atoms with van der Waals surface area (Å²) in [6, 6.07) is 16.7. The van der Waals surface area contributed by atoms with E-state index < -0.39 is 0 Å². The van der Waals surface area contributed by atoms with Gasteiger partial charge in [-0.3, -0.25) is 5.10 Å². The van der Waals surface area contributed by atoms with Crippen LogP contribution in [0.5, 0.6) is 0 Å². The van der Waals surface area contributed by atoms with E-state index in [2.05, 4.69) is 56.5 Å². The molecule has 3 heteroatoms. The number of hydrogen-bond acceptors (Lipinski definition) is 1. The van der Waals surface area contributed by atoms with Gasteiger partial charge in [0.2, 0.25) is 0 Å². The van der Waals surface area contributed by atoms with Gasteiger partial charge in [0.15, 0.2) is 0 Å². The van der Waals surface area contributed by atoms with Crippen LogP contribution in [0.15, 0.2) is 65.4 Å². The van der Waals surface area contributed by atoms with Gasteiger partial charge in [-0.1, -0.05) is 58.4 Å². The highest BCUT2D eigenvalue weighted by molar-refractivity contribution is 9.10. The highest BCUT2D eigenvalue weighted by Crippen LogP contribution is 2.31. The van der Waals surface area contributed by atoms with Gasteiger partial charge in [0, 0.05) is 16.2 Å². The van der Waals surface area contributed by atoms with Crippen molar-refractivity contribution in [1.82, 2.24) is 10.2 Å². The van der Waals surface area contributed by atoms with Crippen LogP contribution in [0.25, 0.3) is 22.3 Å². The largest absolute Gasteiger partial charge is 0.285 e. The van der Waals surface area contributed by atoms with Crippen molar-refractivity contribution >= 4 is 15.9 Å². The average Bonchev–Trinajstić information content (AvgIpc) is 2.93. The number of benzene rings is 2. The van der Waals surface area contributed by atoms with Crippen LogP contribution in [0.2, 0.25) is 0 Å². The van der Waals surface area contributed by atoms with Gasteiger partial charge in [-0.05, 0) is 22.8 Å². The first-order valence-corrected chi connectivity index (χ1v) is 6.48. The lowest BCUT2D eigenvalue weighted by Gasteiger charge is -2.06. The van der Waals surface area contributed by atoms with Gasteiger partial charge in [-0.25, -0.2) is 0 Å². The number of nitrogens with one attached hydrogen (secondary N) is 1. The first-order chi connectivity index (χ1) is 8.84. The molecule has 0 fully saturated rings. The van der Waals surface area contributed by atoms with E-state index in [1.165, 1.54) is 11.1 Å². The van der Waals surface area contributed by atoms with Gasteiger partial charge in [-0.2, -0.15) is 5.10 Å². The van der Waals surface area contributed by atoms with Crippen LogP contribution in [0.4, 0.5) is 0 Å². The second kappa shape index (κ2) is 4.78. The zero-order valence-electron chi connectivity index (χ0n) is 9.60. The van der Waals surface area contributed by atoms with Crippen molar-refractivity contribution in [3.63, 3.8) is 0 Å². The van der Waals surface area contributed by atoms with Gasteiger partial charge in [0.1, 0.15) is 0 Å². The number of rotatable bonds is 2. The Morgan fingerprint density at radius 1 is 0.889 bits per heavy atom. The third kappa shape index (κ3) is 2.09. The van der Waals surface area contributed by atoms with Crippen molar-refractivity contribution < 1.29 is 0 Å². The fraction of sp³-hybridized carbons (Fsp3) is 0. The lowest BCUT2D eigenvalue weighted by atomic mass is 10.0. The molecule has 1 N–H and O–H groups in total. The molecule has 0 unspecified atom stereocenters. The monoisotopic (exact) mass is 298 g/mol. The average molecular weight is 299 g/mol. The SMILES string of the molecule is Brc1cc(-c2ccccc2)ccc1-c1cn[nH]c1. The van der Waals surface area contributed by atoms with E-state index in [0.29, 0.717) is 0 Å². The van der Waals surface area contributed by atoms with Crippen molar-refractivity contribution in [1.29, 1.82) is 0 Å². The van der Waals surface area contributed by atoms with E-state index in [1.807, 2.05) is 30.6 Å². The Hall–Kier alpha value is -1.87. The maximum Gasteiger partial charge on any atom is 0.0566 e. The molecule has 1 heterocycles. The normalized spacial score (nSPS) is 10.5. The molecule has 0 aliphatic heterocycles. The molecular formula is C15H11BrN2. The van der Waals surface area contributed by atoms with Crippen LogP contribution in [-0.4, -0.2) is 10.2 Å². The molecule has 0 amide bonds. The Kier molecular flexibility index (Phi) is 2.99. The molecular weight excluding hydrogens is 288 g/mol. The summed E-state index contributed by atoms with van der Waals surface area (Å²) in [5, 5.41) is 6.81. The summed E-state index contributed by atoms with van der Waals surface area (Å²) in [6.45, 7) is 0. The first kappa shape index (κ1) is 11.2. The smallest absolute Gasteiger partial charge is 0.0566 e. The Labute approximate surface area is 114 Å². The molecule has 0 aliphatic rings. The molecule has 1 aromatic heterocycles. The number of nitrogens with zero attached hydrogens (tertiary/aromatic N) is 1. The number of H-pyrrole nitrogens is 1. The van der Waals surface area contributed by atoms with E-state index in [-0.39, 0.29) is 0 Å². The van der Waals surface area contributed by atoms with Crippen LogP contribution >= 0.6 is 15.9 Å². The first-order valence-electron chi connectivity index (χ1n) is 5.69. The summed E-state index contributed by atoms with van der Waals surface area (Å²) in [6.07, 6.45) is 3.71. The van der Waals surface area contributed by atoms with E-state index in [1.54, 1.807) is 0 Å². The minimum absolute atomic E-state index is 1.07. The molecule has 0 radical (unpaired) electrons. The van der Waals surface area contributed by atoms with Crippen LogP contribution in [0, 0.1) is 0 Å². The zero-order chi connectivity index (χ0) is 12.4. The molecule has 2 aromatic carbocycles. The minimum atomic E-state index is 1.07. The van der Waals surface area contributed by atoms with Crippen LogP contribution in [0.1, 0.15) is 0 Å². The minimum Gasteiger partial charge on any atom is -0.285 e. The molecule has 3 rings (SSSR count). The maximum absolute atomic E-state index is 3.97. The number of aromatic nitrogens is 2. The highest BCUT2D eigenvalue weighted by atomic mass is 79.9. The van der Waals surface area contributed by atoms with Crippen LogP contribution in [0.3, 0.4) is 0 Å². The van der Waals surface area contributed by atoms with Gasteiger partial charge in [-0.15, -0.1) is 0 Å². The fourth-order valence-electron chi connectivity index (χ4n) is 1.96. The number of hydrogen-bond donors (Lipinski definition) is 1. The Bertz CT molecular complexity index is 646. The molecule has 2 nitrogen and oxygen atoms in total. The van der Waals surface area contributed by atoms with Crippen LogP contribution < -0.4 is 0 Å². The van der Waals surface area contributed by atoms with Crippen molar-refractivity contribution in [2.45, 2.75) is 0 Å². The molecule has 0 aliphatic carbocycles. The van der Waals surface area contributed by atoms with E-state index in [0.717, 1.165) is 15.6 Å². The maximum atomic E-state index is 3.97. The van der Waals surface area contributed by atoms with Crippen LogP contribution in [-0.2, 0) is 0 Å². The standard InChI is InChI=1S/C15H11BrN2/c16-15-8-12(11-4-2-1-3-5-11)6-7-14(15)13-9-17-18-10-13/h1-10H,(H,17,18). The molecule has 88 valence electrons. The van der Waals surface area contributed by atoms with Gasteiger partial charge in [0.25, 0.3) is 0 Å². The Morgan fingerprint density at radius 3 is 2.39 bits per heavy atom.